The molecule has 118 valence electrons. The normalized spacial score (nSPS) is 16.7. The van der Waals surface area contributed by atoms with Gasteiger partial charge >= 0.3 is 0 Å². The fourth-order valence-corrected chi connectivity index (χ4v) is 4.06. The Bertz CT molecular complexity index is 894. The van der Waals surface area contributed by atoms with Crippen molar-refractivity contribution in [3.8, 4) is 5.00 Å². The van der Waals surface area contributed by atoms with Gasteiger partial charge in [-0.05, 0) is 26.3 Å². The molecular weight excluding hydrogens is 314 g/mol. The van der Waals surface area contributed by atoms with Gasteiger partial charge in [0.25, 0.3) is 5.91 Å². The number of thiophene rings is 1. The molecule has 0 aromatic carbocycles. The van der Waals surface area contributed by atoms with E-state index in [1.54, 1.807) is 17.5 Å². The largest absolute Gasteiger partial charge is 0.449 e. The molecule has 0 aliphatic carbocycles. The van der Waals surface area contributed by atoms with Crippen LogP contribution < -0.4 is 5.32 Å². The van der Waals surface area contributed by atoms with Crippen molar-refractivity contribution in [2.45, 2.75) is 33.2 Å². The van der Waals surface area contributed by atoms with Gasteiger partial charge in [0.05, 0.1) is 24.2 Å². The molecule has 0 fully saturated rings. The number of carbonyl (C=O) groups is 1. The van der Waals surface area contributed by atoms with Crippen molar-refractivity contribution < 1.29 is 9.21 Å². The van der Waals surface area contributed by atoms with Gasteiger partial charge in [-0.1, -0.05) is 0 Å². The summed E-state index contributed by atoms with van der Waals surface area (Å²) < 4.78 is 7.28. The molecule has 1 amide bonds. The van der Waals surface area contributed by atoms with Crippen molar-refractivity contribution in [1.29, 1.82) is 0 Å². The van der Waals surface area contributed by atoms with Crippen molar-refractivity contribution in [1.82, 2.24) is 25.1 Å². The van der Waals surface area contributed by atoms with Crippen molar-refractivity contribution in [3.05, 3.63) is 46.0 Å². The monoisotopic (exact) mass is 329 g/mol. The Balaban J connectivity index is 1.88. The Kier molecular flexibility index (Phi) is 3.08. The molecule has 1 atom stereocenters. The van der Waals surface area contributed by atoms with E-state index in [2.05, 4.69) is 20.5 Å². The van der Waals surface area contributed by atoms with E-state index in [0.29, 0.717) is 23.7 Å². The van der Waals surface area contributed by atoms with Crippen LogP contribution in [0.15, 0.2) is 16.9 Å². The molecule has 0 saturated carbocycles. The number of nitrogens with zero attached hydrogens (tertiary/aromatic N) is 4. The Morgan fingerprint density at radius 1 is 1.35 bits per heavy atom. The van der Waals surface area contributed by atoms with Crippen molar-refractivity contribution in [3.63, 3.8) is 0 Å². The molecule has 1 aliphatic rings. The van der Waals surface area contributed by atoms with Crippen LogP contribution in [-0.2, 0) is 6.42 Å². The van der Waals surface area contributed by atoms with Crippen LogP contribution in [0.25, 0.3) is 5.00 Å². The van der Waals surface area contributed by atoms with Gasteiger partial charge in [0.15, 0.2) is 11.7 Å². The van der Waals surface area contributed by atoms with Crippen LogP contribution in [-0.4, -0.2) is 25.7 Å². The number of fused-ring (bicyclic) bond motifs is 3. The summed E-state index contributed by atoms with van der Waals surface area (Å²) in [5.41, 5.74) is 1.70. The number of hydrogen-bond acceptors (Lipinski definition) is 6. The third kappa shape index (κ3) is 2.09. The molecule has 0 radical (unpaired) electrons. The lowest BCUT2D eigenvalue weighted by molar-refractivity contribution is 0.0936. The Morgan fingerprint density at radius 3 is 2.91 bits per heavy atom. The maximum absolute atomic E-state index is 12.7. The van der Waals surface area contributed by atoms with Gasteiger partial charge in [-0.3, -0.25) is 9.36 Å². The topological polar surface area (TPSA) is 85.8 Å². The first-order chi connectivity index (χ1) is 11.1. The molecule has 0 spiro atoms. The van der Waals surface area contributed by atoms with Crippen molar-refractivity contribution >= 4 is 17.2 Å². The van der Waals surface area contributed by atoms with E-state index in [9.17, 15) is 4.79 Å². The summed E-state index contributed by atoms with van der Waals surface area (Å²) in [7, 11) is 0. The molecule has 7 nitrogen and oxygen atoms in total. The summed E-state index contributed by atoms with van der Waals surface area (Å²) in [6, 6.07) is -0.332. The minimum Gasteiger partial charge on any atom is -0.449 e. The smallest absolute Gasteiger partial charge is 0.255 e. The first kappa shape index (κ1) is 14.1. The second kappa shape index (κ2) is 5.02. The zero-order chi connectivity index (χ0) is 16.1. The summed E-state index contributed by atoms with van der Waals surface area (Å²) in [5.74, 6) is 1.93. The Labute approximate surface area is 136 Å². The zero-order valence-corrected chi connectivity index (χ0v) is 13.8. The van der Waals surface area contributed by atoms with Crippen LogP contribution in [0.1, 0.15) is 44.4 Å². The number of hydrogen-bond donors (Lipinski definition) is 1. The van der Waals surface area contributed by atoms with E-state index in [1.165, 1.54) is 6.26 Å². The standard InChI is InChI=1S/C15H15N5O2S/c1-7-8(2)23-15-12(7)14(21)17-10(6-11-16-4-5-22-11)13-19-18-9(3)20(13)15/h4-5,10H,6H2,1-3H3,(H,17,21). The summed E-state index contributed by atoms with van der Waals surface area (Å²) in [4.78, 5) is 18.0. The second-order valence-corrected chi connectivity index (χ2v) is 6.76. The van der Waals surface area contributed by atoms with E-state index < -0.39 is 0 Å². The quantitative estimate of drug-likeness (QED) is 0.779. The predicted octanol–water partition coefficient (Wildman–Crippen LogP) is 2.27. The van der Waals surface area contributed by atoms with E-state index in [1.807, 2.05) is 25.3 Å². The highest BCUT2D eigenvalue weighted by Gasteiger charge is 2.33. The highest BCUT2D eigenvalue weighted by Crippen LogP contribution is 2.36. The SMILES string of the molecule is Cc1sc2c(c1C)C(=O)NC(Cc1ncco1)c1nnc(C)n1-2. The van der Waals surface area contributed by atoms with Gasteiger partial charge in [-0.25, -0.2) is 4.98 Å². The minimum atomic E-state index is -0.332. The highest BCUT2D eigenvalue weighted by atomic mass is 32.1. The summed E-state index contributed by atoms with van der Waals surface area (Å²) in [6.07, 6.45) is 3.55. The van der Waals surface area contributed by atoms with Gasteiger partial charge in [-0.15, -0.1) is 21.5 Å². The third-order valence-corrected chi connectivity index (χ3v) is 5.32. The molecule has 1 unspecified atom stereocenters. The maximum atomic E-state index is 12.7. The minimum absolute atomic E-state index is 0.0942. The van der Waals surface area contributed by atoms with Gasteiger partial charge in [0.1, 0.15) is 17.1 Å². The Morgan fingerprint density at radius 2 is 2.17 bits per heavy atom. The van der Waals surface area contributed by atoms with E-state index in [0.717, 1.165) is 21.3 Å². The molecule has 0 bridgehead atoms. The maximum Gasteiger partial charge on any atom is 0.255 e. The molecule has 4 heterocycles. The summed E-state index contributed by atoms with van der Waals surface area (Å²) >= 11 is 1.59. The van der Waals surface area contributed by atoms with Gasteiger partial charge in [-0.2, -0.15) is 0 Å². The number of oxazole rings is 1. The number of aromatic nitrogens is 4. The van der Waals surface area contributed by atoms with Gasteiger partial charge in [0, 0.05) is 4.88 Å². The highest BCUT2D eigenvalue weighted by molar-refractivity contribution is 7.15. The van der Waals surface area contributed by atoms with Crippen LogP contribution in [0.2, 0.25) is 0 Å². The number of aryl methyl sites for hydroxylation is 2. The molecule has 3 aromatic rings. The van der Waals surface area contributed by atoms with Crippen LogP contribution in [0.4, 0.5) is 0 Å². The molecule has 23 heavy (non-hydrogen) atoms. The fourth-order valence-electron chi connectivity index (χ4n) is 2.85. The lowest BCUT2D eigenvalue weighted by Crippen LogP contribution is -2.29. The number of rotatable bonds is 2. The van der Waals surface area contributed by atoms with Crippen LogP contribution in [0.5, 0.6) is 0 Å². The third-order valence-electron chi connectivity index (χ3n) is 4.13. The first-order valence-electron chi connectivity index (χ1n) is 7.27. The van der Waals surface area contributed by atoms with Crippen LogP contribution >= 0.6 is 11.3 Å². The summed E-state index contributed by atoms with van der Waals surface area (Å²) in [5, 5.41) is 12.4. The number of nitrogens with one attached hydrogen (secondary N) is 1. The lowest BCUT2D eigenvalue weighted by Gasteiger charge is -2.13. The van der Waals surface area contributed by atoms with Gasteiger partial charge in [0.2, 0.25) is 0 Å². The molecular formula is C15H15N5O2S. The second-order valence-electron chi connectivity index (χ2n) is 5.56. The summed E-state index contributed by atoms with van der Waals surface area (Å²) in [6.45, 7) is 5.88. The first-order valence-corrected chi connectivity index (χ1v) is 8.09. The lowest BCUT2D eigenvalue weighted by atomic mass is 10.1. The van der Waals surface area contributed by atoms with Crippen molar-refractivity contribution in [2.24, 2.45) is 0 Å². The fraction of sp³-hybridized carbons (Fsp3) is 0.333. The molecule has 4 rings (SSSR count). The van der Waals surface area contributed by atoms with E-state index in [-0.39, 0.29) is 11.9 Å². The van der Waals surface area contributed by atoms with Crippen LogP contribution in [0, 0.1) is 20.8 Å². The van der Waals surface area contributed by atoms with Crippen LogP contribution in [0.3, 0.4) is 0 Å². The predicted molar refractivity (Wildman–Crippen MR) is 83.9 cm³/mol. The molecule has 8 heteroatoms. The molecule has 1 N–H and O–H groups in total. The molecule has 1 aliphatic heterocycles. The number of carbonyl (C=O) groups excluding carboxylic acids is 1. The Hall–Kier alpha value is -2.48. The molecule has 3 aromatic heterocycles. The zero-order valence-electron chi connectivity index (χ0n) is 13.0. The van der Waals surface area contributed by atoms with E-state index >= 15 is 0 Å². The average molecular weight is 329 g/mol. The molecule has 0 saturated heterocycles. The van der Waals surface area contributed by atoms with Gasteiger partial charge < -0.3 is 9.73 Å². The number of amides is 1. The van der Waals surface area contributed by atoms with E-state index in [4.69, 9.17) is 4.42 Å². The van der Waals surface area contributed by atoms with Crippen molar-refractivity contribution in [2.75, 3.05) is 0 Å². The average Bonchev–Trinajstić information content (AvgIpc) is 3.18.